The molecule has 1 unspecified atom stereocenters. The van der Waals surface area contributed by atoms with E-state index in [9.17, 15) is 9.59 Å². The van der Waals surface area contributed by atoms with E-state index < -0.39 is 18.0 Å². The van der Waals surface area contributed by atoms with Crippen LogP contribution in [-0.2, 0) is 14.3 Å². The molecule has 0 aromatic rings. The second-order valence-corrected chi connectivity index (χ2v) is 2.62. The van der Waals surface area contributed by atoms with Gasteiger partial charge in [0.1, 0.15) is 12.0 Å². The number of rotatable bonds is 5. The van der Waals surface area contributed by atoms with E-state index in [1.54, 1.807) is 6.92 Å². The first-order valence-electron chi connectivity index (χ1n) is 3.70. The van der Waals surface area contributed by atoms with Crippen LogP contribution in [0.5, 0.6) is 0 Å². The van der Waals surface area contributed by atoms with Crippen LogP contribution in [0.15, 0.2) is 12.2 Å². The van der Waals surface area contributed by atoms with Crippen molar-refractivity contribution in [1.29, 1.82) is 0 Å². The van der Waals surface area contributed by atoms with E-state index in [0.717, 1.165) is 0 Å². The fourth-order valence-electron chi connectivity index (χ4n) is 0.729. The third-order valence-corrected chi connectivity index (χ3v) is 1.64. The smallest absolute Gasteiger partial charge is 0.334 e. The summed E-state index contributed by atoms with van der Waals surface area (Å²) >= 11 is 5.19. The molecule has 0 aromatic heterocycles. The fourth-order valence-corrected chi connectivity index (χ4v) is 0.792. The summed E-state index contributed by atoms with van der Waals surface area (Å²) in [5.41, 5.74) is -0.138. The summed E-state index contributed by atoms with van der Waals surface area (Å²) in [7, 11) is 0. The largest absolute Gasteiger partial charge is 0.478 e. The standard InChI is InChI=1S/C8H11ClO4/c1-3-6(5(2)8(11)12)13-7(10)4-9/h6H,2-4H2,1H3,(H,11,12). The van der Waals surface area contributed by atoms with E-state index in [2.05, 4.69) is 6.58 Å². The van der Waals surface area contributed by atoms with Crippen molar-refractivity contribution in [3.8, 4) is 0 Å². The van der Waals surface area contributed by atoms with E-state index in [-0.39, 0.29) is 11.5 Å². The molecule has 1 N–H and O–H groups in total. The van der Waals surface area contributed by atoms with Gasteiger partial charge in [-0.15, -0.1) is 11.6 Å². The highest BCUT2D eigenvalue weighted by Crippen LogP contribution is 2.09. The molecule has 0 spiro atoms. The molecular formula is C8H11ClO4. The maximum atomic E-state index is 10.7. The average Bonchev–Trinajstić information content (AvgIpc) is 2.12. The van der Waals surface area contributed by atoms with Crippen LogP contribution in [0.3, 0.4) is 0 Å². The second kappa shape index (κ2) is 5.59. The minimum Gasteiger partial charge on any atom is -0.478 e. The van der Waals surface area contributed by atoms with Gasteiger partial charge in [0.2, 0.25) is 0 Å². The third-order valence-electron chi connectivity index (χ3n) is 1.42. The monoisotopic (exact) mass is 206 g/mol. The van der Waals surface area contributed by atoms with Crippen LogP contribution in [-0.4, -0.2) is 29.0 Å². The van der Waals surface area contributed by atoms with Crippen LogP contribution in [0, 0.1) is 0 Å². The predicted molar refractivity (Wildman–Crippen MR) is 47.7 cm³/mol. The zero-order chi connectivity index (χ0) is 10.4. The first kappa shape index (κ1) is 12.0. The third kappa shape index (κ3) is 3.94. The molecule has 0 aliphatic carbocycles. The molecule has 13 heavy (non-hydrogen) atoms. The van der Waals surface area contributed by atoms with Crippen molar-refractivity contribution >= 4 is 23.5 Å². The van der Waals surface area contributed by atoms with Gasteiger partial charge in [-0.05, 0) is 6.42 Å². The van der Waals surface area contributed by atoms with E-state index in [1.807, 2.05) is 0 Å². The Kier molecular flexibility index (Phi) is 5.14. The predicted octanol–water partition coefficient (Wildman–Crippen LogP) is 1.19. The van der Waals surface area contributed by atoms with Crippen molar-refractivity contribution in [2.24, 2.45) is 0 Å². The Morgan fingerprint density at radius 1 is 1.62 bits per heavy atom. The zero-order valence-corrected chi connectivity index (χ0v) is 8.00. The fraction of sp³-hybridized carbons (Fsp3) is 0.500. The van der Waals surface area contributed by atoms with Gasteiger partial charge < -0.3 is 9.84 Å². The Labute approximate surface area is 81.1 Å². The maximum absolute atomic E-state index is 10.7. The molecule has 0 radical (unpaired) electrons. The van der Waals surface area contributed by atoms with Crippen LogP contribution in [0.4, 0.5) is 0 Å². The topological polar surface area (TPSA) is 63.6 Å². The van der Waals surface area contributed by atoms with Gasteiger partial charge in [0, 0.05) is 0 Å². The summed E-state index contributed by atoms with van der Waals surface area (Å²) in [5.74, 6) is -2.10. The van der Waals surface area contributed by atoms with Gasteiger partial charge in [-0.2, -0.15) is 0 Å². The molecule has 5 heteroatoms. The summed E-state index contributed by atoms with van der Waals surface area (Å²) in [4.78, 5) is 21.2. The molecule has 0 fully saturated rings. The van der Waals surface area contributed by atoms with Crippen LogP contribution in [0.1, 0.15) is 13.3 Å². The van der Waals surface area contributed by atoms with Gasteiger partial charge in [0.15, 0.2) is 0 Å². The van der Waals surface area contributed by atoms with Gasteiger partial charge in [0.05, 0.1) is 5.57 Å². The lowest BCUT2D eigenvalue weighted by atomic mass is 10.1. The number of alkyl halides is 1. The molecule has 0 aliphatic heterocycles. The lowest BCUT2D eigenvalue weighted by molar-refractivity contribution is -0.146. The van der Waals surface area contributed by atoms with Crippen molar-refractivity contribution in [3.05, 3.63) is 12.2 Å². The van der Waals surface area contributed by atoms with Gasteiger partial charge >= 0.3 is 11.9 Å². The normalized spacial score (nSPS) is 11.8. The highest BCUT2D eigenvalue weighted by Gasteiger charge is 2.20. The first-order valence-corrected chi connectivity index (χ1v) is 4.23. The van der Waals surface area contributed by atoms with Gasteiger partial charge in [-0.3, -0.25) is 4.79 Å². The molecular weight excluding hydrogens is 196 g/mol. The summed E-state index contributed by atoms with van der Waals surface area (Å²) in [6.07, 6.45) is -0.419. The van der Waals surface area contributed by atoms with Gasteiger partial charge in [-0.1, -0.05) is 13.5 Å². The Morgan fingerprint density at radius 3 is 2.46 bits per heavy atom. The molecule has 74 valence electrons. The molecule has 0 aliphatic rings. The SMILES string of the molecule is C=C(C(=O)O)C(CC)OC(=O)CCl. The molecule has 0 bridgehead atoms. The Bertz CT molecular complexity index is 224. The first-order chi connectivity index (χ1) is 6.02. The molecule has 1 atom stereocenters. The van der Waals surface area contributed by atoms with E-state index in [0.29, 0.717) is 6.42 Å². The van der Waals surface area contributed by atoms with Gasteiger partial charge in [0.25, 0.3) is 0 Å². The van der Waals surface area contributed by atoms with Crippen molar-refractivity contribution in [3.63, 3.8) is 0 Å². The van der Waals surface area contributed by atoms with E-state index >= 15 is 0 Å². The quantitative estimate of drug-likeness (QED) is 0.417. The number of halogens is 1. The molecule has 0 amide bonds. The van der Waals surface area contributed by atoms with Crippen molar-refractivity contribution in [1.82, 2.24) is 0 Å². The summed E-state index contributed by atoms with van der Waals surface area (Å²) in [6.45, 7) is 4.99. The number of carboxylic acid groups (broad SMARTS) is 1. The summed E-state index contributed by atoms with van der Waals surface area (Å²) in [6, 6.07) is 0. The lowest BCUT2D eigenvalue weighted by Crippen LogP contribution is -2.23. The molecule has 0 rings (SSSR count). The number of ether oxygens (including phenoxy) is 1. The molecule has 0 saturated carbocycles. The van der Waals surface area contributed by atoms with Crippen molar-refractivity contribution < 1.29 is 19.4 Å². The number of hydrogen-bond acceptors (Lipinski definition) is 3. The van der Waals surface area contributed by atoms with Crippen molar-refractivity contribution in [2.75, 3.05) is 5.88 Å². The molecule has 0 saturated heterocycles. The molecule has 4 nitrogen and oxygen atoms in total. The number of aliphatic carboxylic acids is 1. The highest BCUT2D eigenvalue weighted by atomic mass is 35.5. The highest BCUT2D eigenvalue weighted by molar-refractivity contribution is 6.26. The number of esters is 1. The Hall–Kier alpha value is -1.03. The number of carbonyl (C=O) groups excluding carboxylic acids is 1. The van der Waals surface area contributed by atoms with Crippen LogP contribution < -0.4 is 0 Å². The van der Waals surface area contributed by atoms with E-state index in [4.69, 9.17) is 21.4 Å². The summed E-state index contributed by atoms with van der Waals surface area (Å²) < 4.78 is 4.72. The minimum atomic E-state index is -1.17. The van der Waals surface area contributed by atoms with Gasteiger partial charge in [-0.25, -0.2) is 4.79 Å². The molecule has 0 aromatic carbocycles. The maximum Gasteiger partial charge on any atom is 0.334 e. The van der Waals surface area contributed by atoms with Crippen LogP contribution in [0.2, 0.25) is 0 Å². The number of hydrogen-bond donors (Lipinski definition) is 1. The summed E-state index contributed by atoms with van der Waals surface area (Å²) in [5, 5.41) is 8.55. The van der Waals surface area contributed by atoms with Crippen LogP contribution in [0.25, 0.3) is 0 Å². The Morgan fingerprint density at radius 2 is 2.15 bits per heavy atom. The minimum absolute atomic E-state index is 0.138. The average molecular weight is 207 g/mol. The van der Waals surface area contributed by atoms with Crippen LogP contribution >= 0.6 is 11.6 Å². The lowest BCUT2D eigenvalue weighted by Gasteiger charge is -2.14. The second-order valence-electron chi connectivity index (χ2n) is 2.35. The zero-order valence-electron chi connectivity index (χ0n) is 7.25. The Balaban J connectivity index is 4.26. The van der Waals surface area contributed by atoms with Crippen molar-refractivity contribution in [2.45, 2.75) is 19.4 Å². The van der Waals surface area contributed by atoms with E-state index in [1.165, 1.54) is 0 Å². The molecule has 0 heterocycles. The number of carbonyl (C=O) groups is 2. The number of carboxylic acids is 1.